The Bertz CT molecular complexity index is 252. The average Bonchev–Trinajstić information content (AvgIpc) is 2.27. The third-order valence-electron chi connectivity index (χ3n) is 3.76. The quantitative estimate of drug-likeness (QED) is 0.644. The van der Waals surface area contributed by atoms with Crippen LogP contribution < -0.4 is 0 Å². The summed E-state index contributed by atoms with van der Waals surface area (Å²) in [6.45, 7) is 8.36. The van der Waals surface area contributed by atoms with Gasteiger partial charge in [-0.3, -0.25) is 0 Å². The monoisotopic (exact) mass is 263 g/mol. The molecule has 108 valence electrons. The van der Waals surface area contributed by atoms with E-state index in [9.17, 15) is 19.8 Å². The molecule has 6 heteroatoms. The predicted molar refractivity (Wildman–Crippen MR) is 66.7 cm³/mol. The van der Waals surface area contributed by atoms with Crippen molar-refractivity contribution in [3.63, 3.8) is 0 Å². The number of aliphatic carboxylic acids is 2. The van der Waals surface area contributed by atoms with Crippen molar-refractivity contribution in [1.29, 1.82) is 0 Å². The molecule has 0 aliphatic heterocycles. The third-order valence-corrected chi connectivity index (χ3v) is 3.76. The van der Waals surface area contributed by atoms with E-state index in [1.165, 1.54) is 0 Å². The molecule has 0 fully saturated rings. The fourth-order valence-corrected chi connectivity index (χ4v) is 2.84. The maximum atomic E-state index is 11.3. The van der Waals surface area contributed by atoms with Crippen LogP contribution in [-0.2, 0) is 9.59 Å². The summed E-state index contributed by atoms with van der Waals surface area (Å²) in [7, 11) is 0. The molecule has 3 N–H and O–H groups in total. The molecular weight excluding hydrogens is 238 g/mol. The zero-order valence-electron chi connectivity index (χ0n) is 11.6. The summed E-state index contributed by atoms with van der Waals surface area (Å²) < 4.78 is 0.123. The molecule has 0 aliphatic rings. The molecule has 2 atom stereocenters. The highest BCUT2D eigenvalue weighted by atomic mass is 16.4. The van der Waals surface area contributed by atoms with Gasteiger partial charge in [-0.25, -0.2) is 9.59 Å². The number of quaternary nitrogens is 1. The van der Waals surface area contributed by atoms with Crippen LogP contribution in [0.2, 0.25) is 0 Å². The molecule has 0 aromatic heterocycles. The number of likely N-dealkylation sites (N-methyl/N-ethyl adjacent to an activating group) is 1. The predicted octanol–water partition coefficient (Wildman–Crippen LogP) is 1.39. The summed E-state index contributed by atoms with van der Waals surface area (Å²) in [6.07, 6.45) is 0.890. The molecule has 0 amide bonds. The van der Waals surface area contributed by atoms with Crippen molar-refractivity contribution in [2.24, 2.45) is 0 Å². The number of nitrogens with zero attached hydrogens (tertiary/aromatic N) is 1. The van der Waals surface area contributed by atoms with Gasteiger partial charge in [-0.1, -0.05) is 13.8 Å². The van der Waals surface area contributed by atoms with Crippen LogP contribution in [0.3, 0.4) is 0 Å². The molecule has 0 spiro atoms. The van der Waals surface area contributed by atoms with Gasteiger partial charge >= 0.3 is 11.9 Å². The normalized spacial score (nSPS) is 14.4. The van der Waals surface area contributed by atoms with E-state index in [4.69, 9.17) is 0 Å². The van der Waals surface area contributed by atoms with Gasteiger partial charge in [0.25, 0.3) is 0 Å². The van der Waals surface area contributed by atoms with E-state index in [1.807, 2.05) is 13.8 Å². The molecule has 0 saturated heterocycles. The van der Waals surface area contributed by atoms with E-state index >= 15 is 0 Å². The first kappa shape index (κ1) is 19.2. The number of hydrogen-bond donors (Lipinski definition) is 2. The molecule has 0 aromatic rings. The topological polar surface area (TPSA) is 105 Å². The van der Waals surface area contributed by atoms with Crippen LogP contribution in [0.4, 0.5) is 0 Å². The number of hydrogen-bond acceptors (Lipinski definition) is 3. The fourth-order valence-electron chi connectivity index (χ4n) is 2.84. The summed E-state index contributed by atoms with van der Waals surface area (Å²) in [6, 6.07) is -1.29. The van der Waals surface area contributed by atoms with Crippen LogP contribution in [-0.4, -0.2) is 57.3 Å². The Morgan fingerprint density at radius 3 is 1.28 bits per heavy atom. The number of carboxylic acids is 2. The molecule has 6 nitrogen and oxygen atoms in total. The molecule has 2 unspecified atom stereocenters. The SMILES string of the molecule is CCC(C(=O)O)[N+](CC)(CC)C(CC)C(=O)O.[OH-]. The number of carbonyl (C=O) groups is 2. The highest BCUT2D eigenvalue weighted by Gasteiger charge is 2.47. The van der Waals surface area contributed by atoms with Crippen LogP contribution >= 0.6 is 0 Å². The molecule has 0 bridgehead atoms. The van der Waals surface area contributed by atoms with E-state index in [0.717, 1.165) is 0 Å². The zero-order valence-corrected chi connectivity index (χ0v) is 11.6. The molecule has 0 aliphatic carbocycles. The fraction of sp³-hybridized carbons (Fsp3) is 0.833. The standard InChI is InChI=1S/C12H23NO4.H2O/c1-5-9(11(14)15)13(7-3,8-4)10(6-2)12(16)17;/h9-10H,5-8H2,1-4H3,(H-,14,15,16,17);1H2. The Morgan fingerprint density at radius 2 is 1.17 bits per heavy atom. The van der Waals surface area contributed by atoms with E-state index in [1.54, 1.807) is 13.8 Å². The van der Waals surface area contributed by atoms with Crippen molar-refractivity contribution in [1.82, 2.24) is 0 Å². The van der Waals surface area contributed by atoms with Gasteiger partial charge in [-0.15, -0.1) is 0 Å². The highest BCUT2D eigenvalue weighted by Crippen LogP contribution is 2.24. The number of rotatable bonds is 8. The highest BCUT2D eigenvalue weighted by molar-refractivity contribution is 5.75. The summed E-state index contributed by atoms with van der Waals surface area (Å²) >= 11 is 0. The lowest BCUT2D eigenvalue weighted by Crippen LogP contribution is -2.65. The van der Waals surface area contributed by atoms with Crippen LogP contribution in [0.25, 0.3) is 0 Å². The van der Waals surface area contributed by atoms with E-state index < -0.39 is 24.0 Å². The Labute approximate surface area is 108 Å². The second kappa shape index (κ2) is 8.05. The van der Waals surface area contributed by atoms with Gasteiger partial charge in [0.1, 0.15) is 0 Å². The average molecular weight is 263 g/mol. The van der Waals surface area contributed by atoms with Gasteiger partial charge in [0.15, 0.2) is 12.1 Å². The van der Waals surface area contributed by atoms with Gasteiger partial charge < -0.3 is 20.2 Å². The minimum absolute atomic E-state index is 0. The summed E-state index contributed by atoms with van der Waals surface area (Å²) in [5, 5.41) is 18.6. The van der Waals surface area contributed by atoms with Crippen LogP contribution in [0.15, 0.2) is 0 Å². The van der Waals surface area contributed by atoms with Gasteiger partial charge in [0.2, 0.25) is 0 Å². The second-order valence-corrected chi connectivity index (χ2v) is 4.26. The Kier molecular flexibility index (Phi) is 8.59. The molecule has 0 heterocycles. The lowest BCUT2D eigenvalue weighted by atomic mass is 10.0. The molecule has 0 rings (SSSR count). The van der Waals surface area contributed by atoms with E-state index in [-0.39, 0.29) is 9.96 Å². The first-order valence-corrected chi connectivity index (χ1v) is 6.23. The molecule has 18 heavy (non-hydrogen) atoms. The lowest BCUT2D eigenvalue weighted by Gasteiger charge is -2.45. The first-order valence-electron chi connectivity index (χ1n) is 6.23. The Hall–Kier alpha value is -1.14. The smallest absolute Gasteiger partial charge is 0.362 e. The lowest BCUT2D eigenvalue weighted by molar-refractivity contribution is -0.955. The molecule has 0 aromatic carbocycles. The maximum absolute atomic E-state index is 11.3. The van der Waals surface area contributed by atoms with Crippen molar-refractivity contribution in [2.45, 2.75) is 52.6 Å². The van der Waals surface area contributed by atoms with E-state index in [0.29, 0.717) is 25.9 Å². The summed E-state index contributed by atoms with van der Waals surface area (Å²) in [4.78, 5) is 22.7. The van der Waals surface area contributed by atoms with E-state index in [2.05, 4.69) is 0 Å². The minimum Gasteiger partial charge on any atom is -0.870 e. The van der Waals surface area contributed by atoms with Crippen molar-refractivity contribution in [3.05, 3.63) is 0 Å². The van der Waals surface area contributed by atoms with Gasteiger partial charge in [-0.05, 0) is 13.8 Å². The van der Waals surface area contributed by atoms with Crippen LogP contribution in [0, 0.1) is 0 Å². The van der Waals surface area contributed by atoms with Crippen LogP contribution in [0.1, 0.15) is 40.5 Å². The third kappa shape index (κ3) is 3.43. The largest absolute Gasteiger partial charge is 0.870 e. The van der Waals surface area contributed by atoms with Crippen molar-refractivity contribution < 1.29 is 29.8 Å². The van der Waals surface area contributed by atoms with Gasteiger partial charge in [0, 0.05) is 12.8 Å². The maximum Gasteiger partial charge on any atom is 0.362 e. The van der Waals surface area contributed by atoms with Gasteiger partial charge in [-0.2, -0.15) is 0 Å². The summed E-state index contributed by atoms with van der Waals surface area (Å²) in [5.41, 5.74) is 0. The minimum atomic E-state index is -0.907. The molecule has 0 saturated carbocycles. The van der Waals surface area contributed by atoms with Crippen LogP contribution in [0.5, 0.6) is 0 Å². The zero-order chi connectivity index (χ0) is 13.6. The Morgan fingerprint density at radius 1 is 0.889 bits per heavy atom. The summed E-state index contributed by atoms with van der Waals surface area (Å²) in [5.74, 6) is -1.81. The van der Waals surface area contributed by atoms with Crippen molar-refractivity contribution in [2.75, 3.05) is 13.1 Å². The number of carboxylic acid groups (broad SMARTS) is 2. The van der Waals surface area contributed by atoms with Crippen molar-refractivity contribution in [3.8, 4) is 0 Å². The molecular formula is C12H25NO5. The first-order chi connectivity index (χ1) is 7.91. The van der Waals surface area contributed by atoms with Gasteiger partial charge in [0.05, 0.1) is 13.1 Å². The van der Waals surface area contributed by atoms with Crippen molar-refractivity contribution >= 4 is 11.9 Å². The second-order valence-electron chi connectivity index (χ2n) is 4.26. The molecule has 0 radical (unpaired) electrons. The Balaban J connectivity index is 0.